The molecule has 0 unspecified atom stereocenters. The van der Waals surface area contributed by atoms with E-state index in [2.05, 4.69) is 25.4 Å². The van der Waals surface area contributed by atoms with Crippen LogP contribution in [0, 0.1) is 6.92 Å². The van der Waals surface area contributed by atoms with Crippen LogP contribution < -0.4 is 5.43 Å². The van der Waals surface area contributed by atoms with Crippen LogP contribution in [0.5, 0.6) is 0 Å². The summed E-state index contributed by atoms with van der Waals surface area (Å²) in [6, 6.07) is 11.2. The SMILES string of the molecule is Cc1nc(-c2ccccn2)ncc1C(=O)Nn1ccc2cccnc21. The summed E-state index contributed by atoms with van der Waals surface area (Å²) in [7, 11) is 0. The van der Waals surface area contributed by atoms with Gasteiger partial charge in [-0.25, -0.2) is 19.6 Å². The fourth-order valence-corrected chi connectivity index (χ4v) is 2.53. The van der Waals surface area contributed by atoms with E-state index in [0.29, 0.717) is 28.4 Å². The summed E-state index contributed by atoms with van der Waals surface area (Å²) >= 11 is 0. The Kier molecular flexibility index (Phi) is 3.66. The molecule has 25 heavy (non-hydrogen) atoms. The Balaban J connectivity index is 1.62. The van der Waals surface area contributed by atoms with E-state index in [1.54, 1.807) is 30.2 Å². The number of fused-ring (bicyclic) bond motifs is 1. The molecule has 7 nitrogen and oxygen atoms in total. The molecule has 0 aliphatic carbocycles. The molecule has 0 saturated heterocycles. The van der Waals surface area contributed by atoms with Crippen molar-refractivity contribution < 1.29 is 4.79 Å². The molecular weight excluding hydrogens is 316 g/mol. The number of hydrogen-bond acceptors (Lipinski definition) is 5. The highest BCUT2D eigenvalue weighted by Gasteiger charge is 2.14. The Morgan fingerprint density at radius 2 is 1.92 bits per heavy atom. The lowest BCUT2D eigenvalue weighted by molar-refractivity contribution is 0.101. The Bertz CT molecular complexity index is 1060. The average molecular weight is 330 g/mol. The van der Waals surface area contributed by atoms with Crippen LogP contribution in [-0.2, 0) is 0 Å². The second kappa shape index (κ2) is 6.12. The third-order valence-electron chi connectivity index (χ3n) is 3.79. The first-order chi connectivity index (χ1) is 12.2. The molecule has 0 saturated carbocycles. The normalized spacial score (nSPS) is 10.8. The summed E-state index contributed by atoms with van der Waals surface area (Å²) in [4.78, 5) is 29.7. The predicted molar refractivity (Wildman–Crippen MR) is 93.4 cm³/mol. The molecule has 0 atom stereocenters. The van der Waals surface area contributed by atoms with Crippen LogP contribution in [0.25, 0.3) is 22.6 Å². The van der Waals surface area contributed by atoms with Crippen molar-refractivity contribution in [3.05, 3.63) is 72.4 Å². The molecule has 0 bridgehead atoms. The van der Waals surface area contributed by atoms with E-state index in [4.69, 9.17) is 0 Å². The molecule has 7 heteroatoms. The second-order valence-corrected chi connectivity index (χ2v) is 5.45. The van der Waals surface area contributed by atoms with Gasteiger partial charge in [0.25, 0.3) is 5.91 Å². The van der Waals surface area contributed by atoms with Crippen molar-refractivity contribution in [2.45, 2.75) is 6.92 Å². The maximum absolute atomic E-state index is 12.6. The van der Waals surface area contributed by atoms with Crippen molar-refractivity contribution in [1.29, 1.82) is 0 Å². The van der Waals surface area contributed by atoms with Gasteiger partial charge >= 0.3 is 0 Å². The molecule has 1 amide bonds. The molecule has 4 aromatic rings. The highest BCUT2D eigenvalue weighted by molar-refractivity contribution is 6.01. The number of carbonyl (C=O) groups excluding carboxylic acids is 1. The standard InChI is InChI=1S/C18H14N6O/c1-12-14(11-21-16(22-12)15-6-2-3-8-19-15)18(25)23-24-10-7-13-5-4-9-20-17(13)24/h2-11H,1H3,(H,23,25). The number of nitrogens with one attached hydrogen (secondary N) is 1. The zero-order valence-corrected chi connectivity index (χ0v) is 13.4. The first-order valence-corrected chi connectivity index (χ1v) is 7.71. The fourth-order valence-electron chi connectivity index (χ4n) is 2.53. The van der Waals surface area contributed by atoms with Crippen molar-refractivity contribution in [2.75, 3.05) is 5.43 Å². The van der Waals surface area contributed by atoms with Crippen LogP contribution in [0.4, 0.5) is 0 Å². The van der Waals surface area contributed by atoms with Gasteiger partial charge in [0.2, 0.25) is 0 Å². The second-order valence-electron chi connectivity index (χ2n) is 5.45. The van der Waals surface area contributed by atoms with Gasteiger partial charge in [0.05, 0.1) is 11.3 Å². The van der Waals surface area contributed by atoms with Crippen molar-refractivity contribution in [3.63, 3.8) is 0 Å². The number of amides is 1. The molecule has 4 aromatic heterocycles. The summed E-state index contributed by atoms with van der Waals surface area (Å²) < 4.78 is 1.59. The lowest BCUT2D eigenvalue weighted by Crippen LogP contribution is -2.23. The van der Waals surface area contributed by atoms with Gasteiger partial charge in [-0.15, -0.1) is 0 Å². The van der Waals surface area contributed by atoms with E-state index in [-0.39, 0.29) is 5.91 Å². The van der Waals surface area contributed by atoms with Gasteiger partial charge in [-0.05, 0) is 37.3 Å². The van der Waals surface area contributed by atoms with Gasteiger partial charge in [0.15, 0.2) is 11.5 Å². The van der Waals surface area contributed by atoms with Crippen molar-refractivity contribution in [2.24, 2.45) is 0 Å². The van der Waals surface area contributed by atoms with Crippen LogP contribution in [0.15, 0.2) is 61.2 Å². The first kappa shape index (κ1) is 14.9. The van der Waals surface area contributed by atoms with E-state index < -0.39 is 0 Å². The summed E-state index contributed by atoms with van der Waals surface area (Å²) in [6.07, 6.45) is 6.63. The van der Waals surface area contributed by atoms with E-state index in [1.165, 1.54) is 6.20 Å². The third kappa shape index (κ3) is 2.83. The minimum atomic E-state index is -0.298. The zero-order valence-electron chi connectivity index (χ0n) is 13.4. The highest BCUT2D eigenvalue weighted by atomic mass is 16.2. The van der Waals surface area contributed by atoms with E-state index in [9.17, 15) is 4.79 Å². The van der Waals surface area contributed by atoms with Crippen LogP contribution in [0.3, 0.4) is 0 Å². The van der Waals surface area contributed by atoms with Crippen LogP contribution in [0.2, 0.25) is 0 Å². The fraction of sp³-hybridized carbons (Fsp3) is 0.0556. The van der Waals surface area contributed by atoms with Gasteiger partial charge in [-0.3, -0.25) is 15.2 Å². The molecule has 4 heterocycles. The summed E-state index contributed by atoms with van der Waals surface area (Å²) in [5.74, 6) is 0.191. The molecule has 0 aliphatic rings. The van der Waals surface area contributed by atoms with Gasteiger partial charge < -0.3 is 0 Å². The number of rotatable bonds is 3. The molecule has 0 spiro atoms. The third-order valence-corrected chi connectivity index (χ3v) is 3.79. The summed E-state index contributed by atoms with van der Waals surface area (Å²) in [5, 5.41) is 0.946. The van der Waals surface area contributed by atoms with Crippen molar-refractivity contribution in [1.82, 2.24) is 24.6 Å². The van der Waals surface area contributed by atoms with Crippen LogP contribution in [-0.4, -0.2) is 30.5 Å². The maximum atomic E-state index is 12.6. The van der Waals surface area contributed by atoms with E-state index in [0.717, 1.165) is 5.39 Å². The maximum Gasteiger partial charge on any atom is 0.273 e. The van der Waals surface area contributed by atoms with Gasteiger partial charge in [-0.1, -0.05) is 6.07 Å². The Hall–Kier alpha value is -3.61. The Labute approximate surface area is 143 Å². The zero-order chi connectivity index (χ0) is 17.2. The molecular formula is C18H14N6O. The summed E-state index contributed by atoms with van der Waals surface area (Å²) in [6.45, 7) is 1.77. The Morgan fingerprint density at radius 3 is 2.72 bits per heavy atom. The molecule has 0 fully saturated rings. The number of aryl methyl sites for hydroxylation is 1. The van der Waals surface area contributed by atoms with E-state index >= 15 is 0 Å². The smallest absolute Gasteiger partial charge is 0.267 e. The predicted octanol–water partition coefficient (Wildman–Crippen LogP) is 2.58. The molecule has 0 aliphatic heterocycles. The van der Waals surface area contributed by atoms with Gasteiger partial charge in [-0.2, -0.15) is 0 Å². The topological polar surface area (TPSA) is 85.6 Å². The Morgan fingerprint density at radius 1 is 1.04 bits per heavy atom. The van der Waals surface area contributed by atoms with Gasteiger partial charge in [0.1, 0.15) is 5.69 Å². The van der Waals surface area contributed by atoms with Gasteiger partial charge in [0, 0.05) is 30.2 Å². The minimum Gasteiger partial charge on any atom is -0.267 e. The number of hydrogen-bond donors (Lipinski definition) is 1. The quantitative estimate of drug-likeness (QED) is 0.624. The minimum absolute atomic E-state index is 0.298. The lowest BCUT2D eigenvalue weighted by Gasteiger charge is -2.09. The largest absolute Gasteiger partial charge is 0.273 e. The molecule has 122 valence electrons. The van der Waals surface area contributed by atoms with E-state index in [1.807, 2.05) is 36.4 Å². The number of aromatic nitrogens is 5. The monoisotopic (exact) mass is 330 g/mol. The number of pyridine rings is 2. The number of carbonyl (C=O) groups is 1. The summed E-state index contributed by atoms with van der Waals surface area (Å²) in [5.41, 5.74) is 5.13. The average Bonchev–Trinajstić information content (AvgIpc) is 3.05. The molecule has 4 rings (SSSR count). The van der Waals surface area contributed by atoms with Crippen LogP contribution >= 0.6 is 0 Å². The lowest BCUT2D eigenvalue weighted by atomic mass is 10.2. The number of nitrogens with zero attached hydrogens (tertiary/aromatic N) is 5. The molecule has 0 aromatic carbocycles. The van der Waals surface area contributed by atoms with Crippen LogP contribution in [0.1, 0.15) is 16.1 Å². The molecule has 0 radical (unpaired) electrons. The highest BCUT2D eigenvalue weighted by Crippen LogP contribution is 2.15. The van der Waals surface area contributed by atoms with Crippen molar-refractivity contribution in [3.8, 4) is 11.5 Å². The molecule has 1 N–H and O–H groups in total. The first-order valence-electron chi connectivity index (χ1n) is 7.71. The van der Waals surface area contributed by atoms with Crippen molar-refractivity contribution >= 4 is 16.9 Å².